The van der Waals surface area contributed by atoms with Gasteiger partial charge in [-0.15, -0.1) is 0 Å². The summed E-state index contributed by atoms with van der Waals surface area (Å²) in [5.41, 5.74) is 0. The molecule has 0 spiro atoms. The average Bonchev–Trinajstić information content (AvgIpc) is 1.95. The van der Waals surface area contributed by atoms with Crippen LogP contribution in [0.2, 0.25) is 98.2 Å². The van der Waals surface area contributed by atoms with Crippen molar-refractivity contribution in [2.24, 2.45) is 0 Å². The number of hydrogen-bond acceptors (Lipinski definition) is 5. The van der Waals surface area contributed by atoms with E-state index < -0.39 is 61.1 Å². The van der Waals surface area contributed by atoms with Gasteiger partial charge in [-0.3, -0.25) is 0 Å². The summed E-state index contributed by atoms with van der Waals surface area (Å²) in [6.07, 6.45) is 0. The molecule has 0 heterocycles. The molecule has 26 heavy (non-hydrogen) atoms. The Morgan fingerprint density at radius 3 is 0.500 bits per heavy atom. The molecular formula is C15H45O5SbSi5. The van der Waals surface area contributed by atoms with E-state index in [2.05, 4.69) is 98.2 Å². The first kappa shape index (κ1) is 27.7. The average molecular weight is 568 g/mol. The third-order valence-electron chi connectivity index (χ3n) is 2.11. The van der Waals surface area contributed by atoms with Gasteiger partial charge in [0, 0.05) is 0 Å². The topological polar surface area (TPSA) is 46.2 Å². The van der Waals surface area contributed by atoms with Crippen LogP contribution in [-0.2, 0) is 13.5 Å². The predicted molar refractivity (Wildman–Crippen MR) is 128 cm³/mol. The molecule has 5 nitrogen and oxygen atoms in total. The minimum atomic E-state index is -5.29. The van der Waals surface area contributed by atoms with Crippen molar-refractivity contribution < 1.29 is 13.5 Å². The molecule has 0 atom stereocenters. The molecule has 160 valence electrons. The molecule has 0 unspecified atom stereocenters. The van der Waals surface area contributed by atoms with Gasteiger partial charge >= 0.3 is 173 Å². The summed E-state index contributed by atoms with van der Waals surface area (Å²) < 4.78 is 34.5. The summed E-state index contributed by atoms with van der Waals surface area (Å²) in [5, 5.41) is 0. The summed E-state index contributed by atoms with van der Waals surface area (Å²) in [7, 11) is -10.4. The number of hydrogen-bond donors (Lipinski definition) is 0. The first-order valence-corrected chi connectivity index (χ1v) is 31.7. The second-order valence-electron chi connectivity index (χ2n) is 11.8. The van der Waals surface area contributed by atoms with Crippen LogP contribution in [-0.4, -0.2) is 61.1 Å². The van der Waals surface area contributed by atoms with Crippen LogP contribution in [0, 0.1) is 0 Å². The fraction of sp³-hybridized carbons (Fsp3) is 1.00. The van der Waals surface area contributed by atoms with Crippen LogP contribution in [0.3, 0.4) is 0 Å². The van der Waals surface area contributed by atoms with Gasteiger partial charge < -0.3 is 0 Å². The van der Waals surface area contributed by atoms with E-state index in [1.807, 2.05) is 0 Å². The van der Waals surface area contributed by atoms with Crippen LogP contribution in [0.15, 0.2) is 0 Å². The summed E-state index contributed by atoms with van der Waals surface area (Å²) in [4.78, 5) is 0. The molecule has 0 aliphatic carbocycles. The van der Waals surface area contributed by atoms with Gasteiger partial charge in [-0.25, -0.2) is 0 Å². The summed E-state index contributed by atoms with van der Waals surface area (Å²) in [6, 6.07) is 0. The molecule has 0 rings (SSSR count). The van der Waals surface area contributed by atoms with Gasteiger partial charge in [0.15, 0.2) is 0 Å². The van der Waals surface area contributed by atoms with Gasteiger partial charge in [0.2, 0.25) is 0 Å². The molecule has 0 bridgehead atoms. The first-order chi connectivity index (χ1) is 10.8. The fourth-order valence-electron chi connectivity index (χ4n) is 2.42. The van der Waals surface area contributed by atoms with E-state index in [0.717, 1.165) is 0 Å². The Hall–Kier alpha value is 1.70. The monoisotopic (exact) mass is 566 g/mol. The van der Waals surface area contributed by atoms with Crippen molar-refractivity contribution in [1.82, 2.24) is 0 Å². The fourth-order valence-corrected chi connectivity index (χ4v) is 56.3. The normalized spacial score (nSPS) is 17.1. The van der Waals surface area contributed by atoms with Gasteiger partial charge in [0.25, 0.3) is 0 Å². The van der Waals surface area contributed by atoms with Crippen LogP contribution >= 0.6 is 0 Å². The molecule has 0 aromatic rings. The van der Waals surface area contributed by atoms with Crippen molar-refractivity contribution in [3.05, 3.63) is 0 Å². The quantitative estimate of drug-likeness (QED) is 0.297. The Balaban J connectivity index is 6.89. The Bertz CT molecular complexity index is 373. The van der Waals surface area contributed by atoms with Crippen molar-refractivity contribution in [1.29, 1.82) is 0 Å². The Labute approximate surface area is 172 Å². The Morgan fingerprint density at radius 2 is 0.423 bits per heavy atom. The standard InChI is InChI=1S/5C3H9OSi.Sb/c5*1-5(2,3)4;/h5*1-3H3;/q5*-1;+5. The Morgan fingerprint density at radius 1 is 0.308 bits per heavy atom. The third kappa shape index (κ3) is 11.6. The zero-order valence-electron chi connectivity index (χ0n) is 20.0. The summed E-state index contributed by atoms with van der Waals surface area (Å²) in [5.74, 6) is 0. The van der Waals surface area contributed by atoms with Crippen molar-refractivity contribution in [3.8, 4) is 0 Å². The molecule has 0 saturated carbocycles. The van der Waals surface area contributed by atoms with Crippen LogP contribution < -0.4 is 0 Å². The summed E-state index contributed by atoms with van der Waals surface area (Å²) in [6.45, 7) is 32.5. The van der Waals surface area contributed by atoms with Crippen LogP contribution in [0.25, 0.3) is 0 Å². The minimum absolute atomic E-state index is 2.09. The first-order valence-electron chi connectivity index (χ1n) is 9.43. The SMILES string of the molecule is C[Si](C)(C)[O][Sb]([O][Si](C)(C)C)([O][Si](C)(C)C)([O][Si](C)(C)C)[O][Si](C)(C)C. The van der Waals surface area contributed by atoms with E-state index >= 15 is 0 Å². The molecule has 0 amide bonds. The van der Waals surface area contributed by atoms with Crippen molar-refractivity contribution >= 4 is 61.1 Å². The van der Waals surface area contributed by atoms with Gasteiger partial charge in [-0.2, -0.15) is 0 Å². The van der Waals surface area contributed by atoms with E-state index in [1.54, 1.807) is 0 Å². The molecule has 0 aliphatic heterocycles. The molecule has 11 heteroatoms. The maximum absolute atomic E-state index is 6.91. The Kier molecular flexibility index (Phi) is 8.62. The van der Waals surface area contributed by atoms with Crippen molar-refractivity contribution in [2.75, 3.05) is 0 Å². The molecular weight excluding hydrogens is 522 g/mol. The second kappa shape index (κ2) is 8.09. The predicted octanol–water partition coefficient (Wildman–Crippen LogP) is 6.13. The van der Waals surface area contributed by atoms with E-state index in [-0.39, 0.29) is 0 Å². The molecule has 0 radical (unpaired) electrons. The molecule has 0 saturated heterocycles. The zero-order chi connectivity index (χ0) is 21.5. The summed E-state index contributed by atoms with van der Waals surface area (Å²) >= 11 is -5.29. The zero-order valence-corrected chi connectivity index (χ0v) is 27.5. The van der Waals surface area contributed by atoms with Gasteiger partial charge in [0.05, 0.1) is 0 Å². The third-order valence-corrected chi connectivity index (χ3v) is 42.6. The van der Waals surface area contributed by atoms with E-state index in [1.165, 1.54) is 0 Å². The van der Waals surface area contributed by atoms with Gasteiger partial charge in [-0.05, 0) is 0 Å². The van der Waals surface area contributed by atoms with E-state index in [0.29, 0.717) is 0 Å². The van der Waals surface area contributed by atoms with E-state index in [9.17, 15) is 0 Å². The number of rotatable bonds is 10. The molecule has 0 aromatic heterocycles. The van der Waals surface area contributed by atoms with Gasteiger partial charge in [0.1, 0.15) is 0 Å². The molecule has 0 aromatic carbocycles. The molecule has 0 aliphatic rings. The van der Waals surface area contributed by atoms with Crippen LogP contribution in [0.4, 0.5) is 0 Å². The van der Waals surface area contributed by atoms with Crippen molar-refractivity contribution in [3.63, 3.8) is 0 Å². The molecule has 0 fully saturated rings. The van der Waals surface area contributed by atoms with Crippen LogP contribution in [0.5, 0.6) is 0 Å². The van der Waals surface area contributed by atoms with Gasteiger partial charge in [-0.1, -0.05) is 0 Å². The van der Waals surface area contributed by atoms with Crippen molar-refractivity contribution in [2.45, 2.75) is 98.2 Å². The van der Waals surface area contributed by atoms with E-state index in [4.69, 9.17) is 13.5 Å². The maximum atomic E-state index is 6.91. The second-order valence-corrected chi connectivity index (χ2v) is 45.9. The molecule has 0 N–H and O–H groups in total. The van der Waals surface area contributed by atoms with Crippen LogP contribution in [0.1, 0.15) is 0 Å².